The van der Waals surface area contributed by atoms with Crippen LogP contribution < -0.4 is 10.6 Å². The zero-order valence-electron chi connectivity index (χ0n) is 11.7. The smallest absolute Gasteiger partial charge is 0.267 e. The van der Waals surface area contributed by atoms with Crippen LogP contribution in [0.1, 0.15) is 24.3 Å². The topological polar surface area (TPSA) is 74.0 Å². The molecule has 0 bridgehead atoms. The van der Waals surface area contributed by atoms with E-state index in [1.807, 2.05) is 44.2 Å². The molecule has 106 valence electrons. The van der Waals surface area contributed by atoms with Gasteiger partial charge in [-0.15, -0.1) is 0 Å². The van der Waals surface area contributed by atoms with Gasteiger partial charge in [0.25, 0.3) is 5.91 Å². The molecule has 0 saturated heterocycles. The Morgan fingerprint density at radius 2 is 1.85 bits per heavy atom. The molecule has 0 radical (unpaired) electrons. The highest BCUT2D eigenvalue weighted by Crippen LogP contribution is 2.14. The van der Waals surface area contributed by atoms with Gasteiger partial charge >= 0.3 is 0 Å². The second-order valence-electron chi connectivity index (χ2n) is 4.97. The summed E-state index contributed by atoms with van der Waals surface area (Å²) >= 11 is 0. The molecule has 0 aliphatic rings. The number of amides is 2. The average Bonchev–Trinajstić information content (AvgIpc) is 2.86. The number of nitrogens with one attached hydrogen (secondary N) is 3. The van der Waals surface area contributed by atoms with E-state index in [-0.39, 0.29) is 17.7 Å². The number of aromatic nitrogens is 1. The van der Waals surface area contributed by atoms with Gasteiger partial charge < -0.3 is 15.6 Å². The van der Waals surface area contributed by atoms with Gasteiger partial charge in [-0.25, -0.2) is 0 Å². The van der Waals surface area contributed by atoms with Crippen LogP contribution in [0.25, 0.3) is 10.9 Å². The van der Waals surface area contributed by atoms with Crippen molar-refractivity contribution in [3.8, 4) is 0 Å². The first-order chi connectivity index (χ1) is 9.58. The number of para-hydroxylation sites is 1. The summed E-state index contributed by atoms with van der Waals surface area (Å²) < 4.78 is 0. The Balaban J connectivity index is 1.84. The second kappa shape index (κ2) is 6.23. The summed E-state index contributed by atoms with van der Waals surface area (Å²) in [4.78, 5) is 26.3. The Labute approximate surface area is 117 Å². The summed E-state index contributed by atoms with van der Waals surface area (Å²) in [5.74, 6) is -0.218. The molecule has 1 aromatic carbocycles. The largest absolute Gasteiger partial charge is 0.354 e. The van der Waals surface area contributed by atoms with Gasteiger partial charge in [0.15, 0.2) is 0 Å². The lowest BCUT2D eigenvalue weighted by Crippen LogP contribution is -2.36. The number of hydrogen-bond donors (Lipinski definition) is 3. The first kappa shape index (κ1) is 14.1. The van der Waals surface area contributed by atoms with E-state index in [1.165, 1.54) is 0 Å². The van der Waals surface area contributed by atoms with Crippen molar-refractivity contribution in [1.82, 2.24) is 15.6 Å². The minimum atomic E-state index is -0.167. The van der Waals surface area contributed by atoms with Crippen LogP contribution in [0.3, 0.4) is 0 Å². The maximum Gasteiger partial charge on any atom is 0.267 e. The van der Waals surface area contributed by atoms with E-state index in [0.29, 0.717) is 18.8 Å². The summed E-state index contributed by atoms with van der Waals surface area (Å²) in [5, 5.41) is 6.53. The quantitative estimate of drug-likeness (QED) is 0.725. The Morgan fingerprint density at radius 1 is 1.15 bits per heavy atom. The predicted octanol–water partition coefficient (Wildman–Crippen LogP) is 1.67. The zero-order chi connectivity index (χ0) is 14.5. The number of benzene rings is 1. The highest BCUT2D eigenvalue weighted by molar-refractivity contribution is 5.97. The van der Waals surface area contributed by atoms with Crippen LogP contribution in [-0.4, -0.2) is 29.9 Å². The molecule has 5 heteroatoms. The highest BCUT2D eigenvalue weighted by Gasteiger charge is 2.09. The average molecular weight is 273 g/mol. The van der Waals surface area contributed by atoms with Gasteiger partial charge in [-0.1, -0.05) is 32.0 Å². The first-order valence-electron chi connectivity index (χ1n) is 6.71. The lowest BCUT2D eigenvalue weighted by Gasteiger charge is -2.08. The molecule has 0 aliphatic carbocycles. The summed E-state index contributed by atoms with van der Waals surface area (Å²) in [7, 11) is 0. The molecule has 0 aliphatic heterocycles. The summed E-state index contributed by atoms with van der Waals surface area (Å²) in [6, 6.07) is 9.54. The predicted molar refractivity (Wildman–Crippen MR) is 78.5 cm³/mol. The standard InChI is InChI=1S/C15H19N3O2/c1-10(2)14(19)16-7-8-17-15(20)13-9-11-5-3-4-6-12(11)18-13/h3-6,9-10,18H,7-8H2,1-2H3,(H,16,19)(H,17,20). The van der Waals surface area contributed by atoms with Gasteiger partial charge in [0.05, 0.1) is 0 Å². The highest BCUT2D eigenvalue weighted by atomic mass is 16.2. The van der Waals surface area contributed by atoms with Crippen molar-refractivity contribution in [2.24, 2.45) is 5.92 Å². The Morgan fingerprint density at radius 3 is 2.55 bits per heavy atom. The molecule has 2 amide bonds. The van der Waals surface area contributed by atoms with E-state index >= 15 is 0 Å². The molecule has 0 fully saturated rings. The number of H-pyrrole nitrogens is 1. The molecule has 0 unspecified atom stereocenters. The fourth-order valence-corrected chi connectivity index (χ4v) is 1.86. The molecule has 0 spiro atoms. The van der Waals surface area contributed by atoms with Crippen molar-refractivity contribution in [2.75, 3.05) is 13.1 Å². The summed E-state index contributed by atoms with van der Waals surface area (Å²) in [5.41, 5.74) is 1.46. The van der Waals surface area contributed by atoms with E-state index in [2.05, 4.69) is 15.6 Å². The third kappa shape index (κ3) is 3.38. The van der Waals surface area contributed by atoms with Crippen molar-refractivity contribution >= 4 is 22.7 Å². The van der Waals surface area contributed by atoms with Crippen molar-refractivity contribution in [3.05, 3.63) is 36.0 Å². The van der Waals surface area contributed by atoms with Crippen molar-refractivity contribution in [2.45, 2.75) is 13.8 Å². The molecule has 2 rings (SSSR count). The number of rotatable bonds is 5. The number of carbonyl (C=O) groups is 2. The molecule has 20 heavy (non-hydrogen) atoms. The first-order valence-corrected chi connectivity index (χ1v) is 6.71. The van der Waals surface area contributed by atoms with Gasteiger partial charge in [-0.2, -0.15) is 0 Å². The van der Waals surface area contributed by atoms with Crippen LogP contribution in [0.2, 0.25) is 0 Å². The van der Waals surface area contributed by atoms with Gasteiger partial charge in [0.1, 0.15) is 5.69 Å². The maximum atomic E-state index is 11.9. The molecule has 2 aromatic rings. The van der Waals surface area contributed by atoms with Crippen molar-refractivity contribution < 1.29 is 9.59 Å². The van der Waals surface area contributed by atoms with Gasteiger partial charge in [-0.3, -0.25) is 9.59 Å². The van der Waals surface area contributed by atoms with E-state index < -0.39 is 0 Å². The number of hydrogen-bond acceptors (Lipinski definition) is 2. The summed E-state index contributed by atoms with van der Waals surface area (Å²) in [6.45, 7) is 4.51. The maximum absolute atomic E-state index is 11.9. The molecule has 0 saturated carbocycles. The molecular formula is C15H19N3O2. The number of carbonyl (C=O) groups excluding carboxylic acids is 2. The third-order valence-corrected chi connectivity index (χ3v) is 3.01. The minimum absolute atomic E-state index is 0.00939. The van der Waals surface area contributed by atoms with Crippen molar-refractivity contribution in [3.63, 3.8) is 0 Å². The minimum Gasteiger partial charge on any atom is -0.354 e. The molecule has 1 heterocycles. The molecule has 3 N–H and O–H groups in total. The van der Waals surface area contributed by atoms with Crippen LogP contribution >= 0.6 is 0 Å². The summed E-state index contributed by atoms with van der Waals surface area (Å²) in [6.07, 6.45) is 0. The van der Waals surface area contributed by atoms with Crippen LogP contribution in [0, 0.1) is 5.92 Å². The van der Waals surface area contributed by atoms with Crippen LogP contribution in [0.4, 0.5) is 0 Å². The Bertz CT molecular complexity index is 583. The molecule has 1 aromatic heterocycles. The van der Waals surface area contributed by atoms with Gasteiger partial charge in [0.2, 0.25) is 5.91 Å². The van der Waals surface area contributed by atoms with Crippen LogP contribution in [-0.2, 0) is 4.79 Å². The van der Waals surface area contributed by atoms with E-state index in [4.69, 9.17) is 0 Å². The van der Waals surface area contributed by atoms with E-state index in [9.17, 15) is 9.59 Å². The van der Waals surface area contributed by atoms with E-state index in [1.54, 1.807) is 0 Å². The fourth-order valence-electron chi connectivity index (χ4n) is 1.86. The van der Waals surface area contributed by atoms with Crippen LogP contribution in [0.15, 0.2) is 30.3 Å². The molecule has 5 nitrogen and oxygen atoms in total. The van der Waals surface area contributed by atoms with Gasteiger partial charge in [-0.05, 0) is 12.1 Å². The molecular weight excluding hydrogens is 254 g/mol. The van der Waals surface area contributed by atoms with Gasteiger partial charge in [0, 0.05) is 29.9 Å². The van der Waals surface area contributed by atoms with E-state index in [0.717, 1.165) is 10.9 Å². The lowest BCUT2D eigenvalue weighted by atomic mass is 10.2. The second-order valence-corrected chi connectivity index (χ2v) is 4.97. The molecule has 0 atom stereocenters. The fraction of sp³-hybridized carbons (Fsp3) is 0.333. The zero-order valence-corrected chi connectivity index (χ0v) is 11.7. The van der Waals surface area contributed by atoms with Crippen molar-refractivity contribution in [1.29, 1.82) is 0 Å². The van der Waals surface area contributed by atoms with Crippen LogP contribution in [0.5, 0.6) is 0 Å². The normalized spacial score (nSPS) is 10.8. The SMILES string of the molecule is CC(C)C(=O)NCCNC(=O)c1cc2ccccc2[nH]1. The Hall–Kier alpha value is -2.30. The Kier molecular flexibility index (Phi) is 4.40. The third-order valence-electron chi connectivity index (χ3n) is 3.01. The number of fused-ring (bicyclic) bond motifs is 1. The lowest BCUT2D eigenvalue weighted by molar-refractivity contribution is -0.123. The monoisotopic (exact) mass is 273 g/mol. The number of aromatic amines is 1.